The number of rotatable bonds is 2. The van der Waals surface area contributed by atoms with Gasteiger partial charge >= 0.3 is 6.09 Å². The topological polar surface area (TPSA) is 69.4 Å². The van der Waals surface area contributed by atoms with Crippen molar-refractivity contribution in [3.63, 3.8) is 0 Å². The third-order valence-electron chi connectivity index (χ3n) is 1.66. The van der Waals surface area contributed by atoms with E-state index in [0.717, 1.165) is 0 Å². The summed E-state index contributed by atoms with van der Waals surface area (Å²) in [5.41, 5.74) is 4.89. The molecule has 76 valence electrons. The molecule has 1 amide bonds. The van der Waals surface area contributed by atoms with Crippen LogP contribution < -0.4 is 15.8 Å². The van der Waals surface area contributed by atoms with E-state index >= 15 is 0 Å². The standard InChI is InChI=1S/C9H12NO3P/c1-14(2,12)8-6-4-3-5-7(8)13-9(10)11/h3-6H,1-2H3,(H2,10,11). The van der Waals surface area contributed by atoms with Crippen LogP contribution in [0.15, 0.2) is 24.3 Å². The molecule has 0 saturated heterocycles. The lowest BCUT2D eigenvalue weighted by atomic mass is 10.3. The van der Waals surface area contributed by atoms with Crippen LogP contribution in [0.25, 0.3) is 0 Å². The summed E-state index contributed by atoms with van der Waals surface area (Å²) in [5, 5.41) is 0.527. The second-order valence-corrected chi connectivity index (χ2v) is 6.42. The molecule has 0 aliphatic carbocycles. The zero-order valence-electron chi connectivity index (χ0n) is 8.06. The molecule has 0 aromatic heterocycles. The largest absolute Gasteiger partial charge is 0.410 e. The minimum absolute atomic E-state index is 0.272. The Balaban J connectivity index is 3.16. The Morgan fingerprint density at radius 2 is 1.93 bits per heavy atom. The molecule has 1 rings (SSSR count). The first-order valence-electron chi connectivity index (χ1n) is 4.03. The molecule has 0 fully saturated rings. The van der Waals surface area contributed by atoms with Crippen LogP contribution in [-0.4, -0.2) is 19.4 Å². The van der Waals surface area contributed by atoms with Crippen molar-refractivity contribution < 1.29 is 14.1 Å². The molecule has 0 radical (unpaired) electrons. The van der Waals surface area contributed by atoms with Crippen LogP contribution in [0.5, 0.6) is 5.75 Å². The van der Waals surface area contributed by atoms with E-state index in [4.69, 9.17) is 10.5 Å². The number of ether oxygens (including phenoxy) is 1. The molecule has 0 aliphatic heterocycles. The number of para-hydroxylation sites is 1. The summed E-state index contributed by atoms with van der Waals surface area (Å²) in [6, 6.07) is 6.67. The van der Waals surface area contributed by atoms with Crippen molar-refractivity contribution in [3.05, 3.63) is 24.3 Å². The van der Waals surface area contributed by atoms with Gasteiger partial charge in [-0.25, -0.2) is 4.79 Å². The zero-order chi connectivity index (χ0) is 10.8. The van der Waals surface area contributed by atoms with E-state index in [9.17, 15) is 9.36 Å². The molecule has 5 heteroatoms. The lowest BCUT2D eigenvalue weighted by Gasteiger charge is -2.11. The molecule has 0 spiro atoms. The van der Waals surface area contributed by atoms with Gasteiger partial charge in [-0.2, -0.15) is 0 Å². The number of hydrogen-bond donors (Lipinski definition) is 1. The number of nitrogens with two attached hydrogens (primary N) is 1. The Kier molecular flexibility index (Phi) is 2.96. The van der Waals surface area contributed by atoms with Crippen LogP contribution in [0.1, 0.15) is 0 Å². The second kappa shape index (κ2) is 3.84. The van der Waals surface area contributed by atoms with Crippen molar-refractivity contribution in [3.8, 4) is 5.75 Å². The van der Waals surface area contributed by atoms with Gasteiger partial charge < -0.3 is 15.0 Å². The predicted octanol–water partition coefficient (Wildman–Crippen LogP) is 1.39. The quantitative estimate of drug-likeness (QED) is 0.754. The molecule has 1 aromatic rings. The normalized spacial score (nSPS) is 11.0. The summed E-state index contributed by atoms with van der Waals surface area (Å²) in [6.45, 7) is 3.21. The molecule has 1 aromatic carbocycles. The Bertz CT molecular complexity index is 397. The monoisotopic (exact) mass is 213 g/mol. The van der Waals surface area contributed by atoms with Crippen LogP contribution in [0.2, 0.25) is 0 Å². The first kappa shape index (κ1) is 10.8. The fourth-order valence-corrected chi connectivity index (χ4v) is 2.19. The maximum absolute atomic E-state index is 11.8. The van der Waals surface area contributed by atoms with E-state index in [1.54, 1.807) is 37.6 Å². The minimum Gasteiger partial charge on any atom is -0.410 e. The third-order valence-corrected chi connectivity index (χ3v) is 3.19. The van der Waals surface area contributed by atoms with Crippen molar-refractivity contribution in [2.45, 2.75) is 0 Å². The van der Waals surface area contributed by atoms with Gasteiger partial charge in [0.25, 0.3) is 0 Å². The summed E-state index contributed by atoms with van der Waals surface area (Å²) >= 11 is 0. The van der Waals surface area contributed by atoms with Gasteiger partial charge in [0.05, 0.1) is 5.30 Å². The first-order chi connectivity index (χ1) is 6.41. The highest BCUT2D eigenvalue weighted by molar-refractivity contribution is 7.70. The van der Waals surface area contributed by atoms with Crippen LogP contribution in [0.4, 0.5) is 4.79 Å². The second-order valence-electron chi connectivity index (χ2n) is 3.24. The SMILES string of the molecule is CP(C)(=O)c1ccccc1OC(N)=O. The van der Waals surface area contributed by atoms with Gasteiger partial charge in [-0.15, -0.1) is 0 Å². The van der Waals surface area contributed by atoms with Gasteiger partial charge in [0.2, 0.25) is 0 Å². The smallest absolute Gasteiger partial charge is 0.409 e. The zero-order valence-corrected chi connectivity index (χ0v) is 8.95. The van der Waals surface area contributed by atoms with Crippen molar-refractivity contribution in [1.29, 1.82) is 0 Å². The molecular weight excluding hydrogens is 201 g/mol. The van der Waals surface area contributed by atoms with Gasteiger partial charge in [-0.05, 0) is 25.5 Å². The summed E-state index contributed by atoms with van der Waals surface area (Å²) < 4.78 is 16.5. The van der Waals surface area contributed by atoms with Crippen molar-refractivity contribution in [2.75, 3.05) is 13.3 Å². The van der Waals surface area contributed by atoms with E-state index in [1.807, 2.05) is 0 Å². The molecule has 0 heterocycles. The Morgan fingerprint density at radius 1 is 1.36 bits per heavy atom. The third kappa shape index (κ3) is 2.60. The van der Waals surface area contributed by atoms with Gasteiger partial charge in [-0.3, -0.25) is 0 Å². The fraction of sp³-hybridized carbons (Fsp3) is 0.222. The van der Waals surface area contributed by atoms with Gasteiger partial charge in [0.1, 0.15) is 12.9 Å². The van der Waals surface area contributed by atoms with Gasteiger partial charge in [0, 0.05) is 0 Å². The van der Waals surface area contributed by atoms with E-state index < -0.39 is 13.2 Å². The first-order valence-corrected chi connectivity index (χ1v) is 6.63. The van der Waals surface area contributed by atoms with Crippen LogP contribution in [0.3, 0.4) is 0 Å². The van der Waals surface area contributed by atoms with Gasteiger partial charge in [-0.1, -0.05) is 12.1 Å². The number of hydrogen-bond acceptors (Lipinski definition) is 3. The molecule has 2 N–H and O–H groups in total. The summed E-state index contributed by atoms with van der Waals surface area (Å²) in [4.78, 5) is 10.6. The van der Waals surface area contributed by atoms with Crippen LogP contribution in [-0.2, 0) is 4.57 Å². The average Bonchev–Trinajstić information content (AvgIpc) is 2.01. The number of primary amides is 1. The highest BCUT2D eigenvalue weighted by Crippen LogP contribution is 2.38. The Hall–Kier alpha value is -1.28. The molecule has 4 nitrogen and oxygen atoms in total. The fourth-order valence-electron chi connectivity index (χ4n) is 1.10. The maximum Gasteiger partial charge on any atom is 0.409 e. The van der Waals surface area contributed by atoms with E-state index in [-0.39, 0.29) is 5.75 Å². The van der Waals surface area contributed by atoms with Crippen LogP contribution in [0, 0.1) is 0 Å². The number of carbonyl (C=O) groups is 1. The molecule has 0 unspecified atom stereocenters. The lowest BCUT2D eigenvalue weighted by Crippen LogP contribution is -2.20. The minimum atomic E-state index is -2.44. The van der Waals surface area contributed by atoms with E-state index in [2.05, 4.69) is 0 Å². The highest BCUT2D eigenvalue weighted by Gasteiger charge is 2.17. The van der Waals surface area contributed by atoms with Crippen molar-refractivity contribution >= 4 is 18.5 Å². The molecule has 0 aliphatic rings. The summed E-state index contributed by atoms with van der Waals surface area (Å²) in [7, 11) is -2.44. The predicted molar refractivity (Wildman–Crippen MR) is 55.7 cm³/mol. The van der Waals surface area contributed by atoms with E-state index in [1.165, 1.54) is 0 Å². The molecule has 0 saturated carbocycles. The highest BCUT2D eigenvalue weighted by atomic mass is 31.2. The summed E-state index contributed by atoms with van der Waals surface area (Å²) in [6.07, 6.45) is -0.897. The molecule has 14 heavy (non-hydrogen) atoms. The van der Waals surface area contributed by atoms with Crippen LogP contribution >= 0.6 is 7.14 Å². The summed E-state index contributed by atoms with van der Waals surface area (Å²) in [5.74, 6) is 0.272. The van der Waals surface area contributed by atoms with Gasteiger partial charge in [0.15, 0.2) is 0 Å². The van der Waals surface area contributed by atoms with Crippen molar-refractivity contribution in [1.82, 2.24) is 0 Å². The maximum atomic E-state index is 11.8. The Labute approximate surface area is 82.4 Å². The number of carbonyl (C=O) groups excluding carboxylic acids is 1. The number of amides is 1. The number of benzene rings is 1. The molecule has 0 atom stereocenters. The van der Waals surface area contributed by atoms with Crippen molar-refractivity contribution in [2.24, 2.45) is 5.73 Å². The Morgan fingerprint density at radius 3 is 2.43 bits per heavy atom. The lowest BCUT2D eigenvalue weighted by molar-refractivity contribution is 0.211. The van der Waals surface area contributed by atoms with E-state index in [0.29, 0.717) is 5.30 Å². The molecule has 0 bridgehead atoms. The molecular formula is C9H12NO3P. The average molecular weight is 213 g/mol.